The number of ether oxygens (including phenoxy) is 1. The Labute approximate surface area is 140 Å². The lowest BCUT2D eigenvalue weighted by atomic mass is 10.3. The quantitative estimate of drug-likeness (QED) is 0.323. The van der Waals surface area contributed by atoms with Crippen molar-refractivity contribution in [3.8, 4) is 5.75 Å². The second-order valence-corrected chi connectivity index (χ2v) is 5.72. The maximum atomic E-state index is 11.7. The number of hydrazine groups is 1. The number of hydrogen-bond acceptors (Lipinski definition) is 5. The van der Waals surface area contributed by atoms with Gasteiger partial charge in [-0.05, 0) is 42.8 Å². The highest BCUT2D eigenvalue weighted by Crippen LogP contribution is 2.22. The second-order valence-electron chi connectivity index (χ2n) is 4.33. The normalized spacial score (nSPS) is 9.73. The maximum Gasteiger partial charge on any atom is 0.257 e. The van der Waals surface area contributed by atoms with E-state index in [2.05, 4.69) is 27.7 Å². The van der Waals surface area contributed by atoms with E-state index in [4.69, 9.17) is 17.0 Å². The number of para-hydroxylation sites is 2. The van der Waals surface area contributed by atoms with Crippen LogP contribution in [-0.4, -0.2) is 43.2 Å². The third-order valence-electron chi connectivity index (χ3n) is 2.67. The fourth-order valence-corrected chi connectivity index (χ4v) is 2.19. The summed E-state index contributed by atoms with van der Waals surface area (Å²) in [4.78, 5) is 11.7. The molecule has 0 unspecified atom stereocenters. The van der Waals surface area contributed by atoms with E-state index >= 15 is 0 Å². The van der Waals surface area contributed by atoms with Crippen LogP contribution in [0.5, 0.6) is 5.75 Å². The number of thioether (sulfide) groups is 1. The van der Waals surface area contributed by atoms with Gasteiger partial charge in [-0.3, -0.25) is 15.6 Å². The van der Waals surface area contributed by atoms with Gasteiger partial charge >= 0.3 is 0 Å². The minimum atomic E-state index is -0.223. The number of amides is 1. The fraction of sp³-hybridized carbons (Fsp3) is 0.429. The lowest BCUT2D eigenvalue weighted by Gasteiger charge is -2.13. The molecule has 0 aliphatic carbocycles. The Hall–Kier alpha value is -1.67. The molecule has 1 rings (SSSR count). The molecule has 4 N–H and O–H groups in total. The first-order chi connectivity index (χ1) is 10.7. The molecule has 6 nitrogen and oxygen atoms in total. The molecule has 0 saturated carbocycles. The number of carbonyl (C=O) groups excluding carboxylic acids is 1. The fourth-order valence-electron chi connectivity index (χ4n) is 1.60. The van der Waals surface area contributed by atoms with Gasteiger partial charge in [0.15, 0.2) is 5.11 Å². The molecule has 0 saturated heterocycles. The van der Waals surface area contributed by atoms with Gasteiger partial charge < -0.3 is 15.4 Å². The number of thiocarbonyl (C=S) groups is 1. The summed E-state index contributed by atoms with van der Waals surface area (Å²) in [5, 5.41) is 6.43. The topological polar surface area (TPSA) is 74.4 Å². The van der Waals surface area contributed by atoms with E-state index in [1.54, 1.807) is 18.9 Å². The van der Waals surface area contributed by atoms with E-state index in [0.29, 0.717) is 10.9 Å². The Morgan fingerprint density at radius 2 is 2.09 bits per heavy atom. The zero-order valence-corrected chi connectivity index (χ0v) is 14.4. The van der Waals surface area contributed by atoms with Crippen LogP contribution < -0.4 is 26.2 Å². The van der Waals surface area contributed by atoms with Gasteiger partial charge in [0.25, 0.3) is 5.91 Å². The van der Waals surface area contributed by atoms with Crippen LogP contribution in [0, 0.1) is 0 Å². The van der Waals surface area contributed by atoms with Crippen LogP contribution in [0.2, 0.25) is 0 Å². The standard InChI is InChI=1S/C14H22N4O2S2/c1-20-12-7-4-3-6-11(12)16-10-13(19)17-18-14(21)15-8-5-9-22-2/h3-4,6-7,16H,5,8-10H2,1-2H3,(H,17,19)(H2,15,18,21). The summed E-state index contributed by atoms with van der Waals surface area (Å²) in [6, 6.07) is 7.41. The van der Waals surface area contributed by atoms with Crippen LogP contribution >= 0.6 is 24.0 Å². The van der Waals surface area contributed by atoms with Crippen LogP contribution in [0.4, 0.5) is 5.69 Å². The largest absolute Gasteiger partial charge is 0.495 e. The monoisotopic (exact) mass is 342 g/mol. The molecule has 1 aromatic rings. The number of carbonyl (C=O) groups is 1. The number of rotatable bonds is 8. The smallest absolute Gasteiger partial charge is 0.257 e. The molecule has 8 heteroatoms. The third-order valence-corrected chi connectivity index (χ3v) is 3.62. The predicted molar refractivity (Wildman–Crippen MR) is 96.4 cm³/mol. The average Bonchev–Trinajstić information content (AvgIpc) is 2.55. The molecule has 0 atom stereocenters. The number of hydrogen-bond donors (Lipinski definition) is 4. The molecule has 0 aliphatic rings. The highest BCUT2D eigenvalue weighted by Gasteiger charge is 2.05. The van der Waals surface area contributed by atoms with E-state index in [1.807, 2.05) is 24.3 Å². The summed E-state index contributed by atoms with van der Waals surface area (Å²) >= 11 is 6.84. The van der Waals surface area contributed by atoms with E-state index in [0.717, 1.165) is 24.4 Å². The minimum Gasteiger partial charge on any atom is -0.495 e. The van der Waals surface area contributed by atoms with E-state index in [-0.39, 0.29) is 12.5 Å². The number of methoxy groups -OCH3 is 1. The van der Waals surface area contributed by atoms with Crippen molar-refractivity contribution >= 4 is 40.7 Å². The molecule has 0 bridgehead atoms. The average molecular weight is 342 g/mol. The van der Waals surface area contributed by atoms with Gasteiger partial charge in [0.2, 0.25) is 0 Å². The van der Waals surface area contributed by atoms with Gasteiger partial charge in [-0.15, -0.1) is 0 Å². The first-order valence-corrected chi connectivity index (χ1v) is 8.66. The third kappa shape index (κ3) is 7.37. The van der Waals surface area contributed by atoms with Gasteiger partial charge in [0.05, 0.1) is 19.3 Å². The van der Waals surface area contributed by atoms with E-state index < -0.39 is 0 Å². The molecule has 0 spiro atoms. The molecular weight excluding hydrogens is 320 g/mol. The Morgan fingerprint density at radius 3 is 2.82 bits per heavy atom. The summed E-state index contributed by atoms with van der Waals surface area (Å²) < 4.78 is 5.20. The lowest BCUT2D eigenvalue weighted by molar-refractivity contribution is -0.119. The Bertz CT molecular complexity index is 486. The van der Waals surface area contributed by atoms with Gasteiger partial charge in [-0.2, -0.15) is 11.8 Å². The molecule has 1 aromatic carbocycles. The number of anilines is 1. The molecular formula is C14H22N4O2S2. The van der Waals surface area contributed by atoms with Crippen LogP contribution in [0.15, 0.2) is 24.3 Å². The second kappa shape index (κ2) is 11.0. The van der Waals surface area contributed by atoms with Gasteiger partial charge in [-0.1, -0.05) is 12.1 Å². The van der Waals surface area contributed by atoms with Crippen LogP contribution in [0.1, 0.15) is 6.42 Å². The summed E-state index contributed by atoms with van der Waals surface area (Å²) in [6.07, 6.45) is 3.08. The van der Waals surface area contributed by atoms with Gasteiger partial charge in [0.1, 0.15) is 5.75 Å². The Balaban J connectivity index is 2.22. The highest BCUT2D eigenvalue weighted by molar-refractivity contribution is 7.98. The summed E-state index contributed by atoms with van der Waals surface area (Å²) in [6.45, 7) is 0.893. The predicted octanol–water partition coefficient (Wildman–Crippen LogP) is 1.36. The lowest BCUT2D eigenvalue weighted by Crippen LogP contribution is -2.48. The summed E-state index contributed by atoms with van der Waals surface area (Å²) in [5.74, 6) is 1.54. The van der Waals surface area contributed by atoms with Crippen molar-refractivity contribution in [3.05, 3.63) is 24.3 Å². The van der Waals surface area contributed by atoms with Crippen molar-refractivity contribution in [2.45, 2.75) is 6.42 Å². The Morgan fingerprint density at radius 1 is 1.32 bits per heavy atom. The molecule has 0 aliphatic heterocycles. The van der Waals surface area contributed by atoms with Crippen molar-refractivity contribution in [1.82, 2.24) is 16.2 Å². The maximum absolute atomic E-state index is 11.7. The summed E-state index contributed by atoms with van der Waals surface area (Å²) in [7, 11) is 1.59. The molecule has 122 valence electrons. The zero-order valence-electron chi connectivity index (χ0n) is 12.8. The van der Waals surface area contributed by atoms with Crippen molar-refractivity contribution in [3.63, 3.8) is 0 Å². The molecule has 0 radical (unpaired) electrons. The van der Waals surface area contributed by atoms with E-state index in [9.17, 15) is 4.79 Å². The SMILES string of the molecule is COc1ccccc1NCC(=O)NNC(=S)NCCCSC. The highest BCUT2D eigenvalue weighted by atomic mass is 32.2. The van der Waals surface area contributed by atoms with Gasteiger partial charge in [0, 0.05) is 6.54 Å². The molecule has 0 fully saturated rings. The van der Waals surface area contributed by atoms with Crippen LogP contribution in [0.25, 0.3) is 0 Å². The molecule has 22 heavy (non-hydrogen) atoms. The number of benzene rings is 1. The molecule has 0 aromatic heterocycles. The van der Waals surface area contributed by atoms with Crippen molar-refractivity contribution in [2.75, 3.05) is 37.5 Å². The number of nitrogens with one attached hydrogen (secondary N) is 4. The first kappa shape index (κ1) is 18.4. The van der Waals surface area contributed by atoms with Crippen molar-refractivity contribution < 1.29 is 9.53 Å². The van der Waals surface area contributed by atoms with E-state index in [1.165, 1.54) is 0 Å². The molecule has 1 amide bonds. The Kier molecular flexibility index (Phi) is 9.17. The van der Waals surface area contributed by atoms with Crippen molar-refractivity contribution in [1.29, 1.82) is 0 Å². The van der Waals surface area contributed by atoms with Crippen LogP contribution in [0.3, 0.4) is 0 Å². The summed E-state index contributed by atoms with van der Waals surface area (Å²) in [5.41, 5.74) is 5.96. The minimum absolute atomic E-state index is 0.114. The first-order valence-electron chi connectivity index (χ1n) is 6.86. The zero-order chi connectivity index (χ0) is 16.2. The van der Waals surface area contributed by atoms with Gasteiger partial charge in [-0.25, -0.2) is 0 Å². The van der Waals surface area contributed by atoms with Crippen LogP contribution in [-0.2, 0) is 4.79 Å². The van der Waals surface area contributed by atoms with Crippen molar-refractivity contribution in [2.24, 2.45) is 0 Å². The molecule has 0 heterocycles.